The van der Waals surface area contributed by atoms with E-state index in [1.54, 1.807) is 7.11 Å². The number of aliphatic hydroxyl groups is 1. The summed E-state index contributed by atoms with van der Waals surface area (Å²) < 4.78 is 24.5. The first-order valence-corrected chi connectivity index (χ1v) is 12.7. The molecule has 5 nitrogen and oxygen atoms in total. The SMILES string of the molecule is CCC1(CC)OC[C@](C)([C@@H]2CC[C@@]3(COCc4ccc(OC)cc4)CC=C(C)CC[C@]23O)O1. The van der Waals surface area contributed by atoms with Crippen molar-refractivity contribution in [1.29, 1.82) is 0 Å². The number of rotatable bonds is 8. The van der Waals surface area contributed by atoms with Crippen LogP contribution in [0.3, 0.4) is 0 Å². The lowest BCUT2D eigenvalue weighted by Gasteiger charge is -2.48. The molecule has 1 aromatic rings. The first-order chi connectivity index (χ1) is 15.7. The molecule has 4 atom stereocenters. The van der Waals surface area contributed by atoms with Gasteiger partial charge in [0.2, 0.25) is 0 Å². The third-order valence-corrected chi connectivity index (χ3v) is 8.81. The van der Waals surface area contributed by atoms with Crippen molar-refractivity contribution >= 4 is 0 Å². The molecule has 2 aliphatic carbocycles. The summed E-state index contributed by atoms with van der Waals surface area (Å²) in [5.41, 5.74) is 0.822. The predicted molar refractivity (Wildman–Crippen MR) is 129 cm³/mol. The average molecular weight is 459 g/mol. The number of benzene rings is 1. The second-order valence-corrected chi connectivity index (χ2v) is 10.7. The molecule has 1 saturated heterocycles. The molecule has 1 aromatic carbocycles. The van der Waals surface area contributed by atoms with E-state index in [0.29, 0.717) is 19.8 Å². The number of allylic oxidation sites excluding steroid dienone is 2. The maximum absolute atomic E-state index is 12.5. The van der Waals surface area contributed by atoms with E-state index in [9.17, 15) is 5.11 Å². The molecular weight excluding hydrogens is 416 g/mol. The molecule has 0 bridgehead atoms. The van der Waals surface area contributed by atoms with Crippen LogP contribution in [0.15, 0.2) is 35.9 Å². The van der Waals surface area contributed by atoms with E-state index in [2.05, 4.69) is 33.8 Å². The van der Waals surface area contributed by atoms with E-state index in [1.165, 1.54) is 5.57 Å². The van der Waals surface area contributed by atoms with Crippen LogP contribution in [0.5, 0.6) is 5.75 Å². The molecular formula is C28H42O5. The van der Waals surface area contributed by atoms with E-state index in [0.717, 1.165) is 56.3 Å². The number of hydrogen-bond acceptors (Lipinski definition) is 5. The Bertz CT molecular complexity index is 844. The highest BCUT2D eigenvalue weighted by atomic mass is 16.8. The topological polar surface area (TPSA) is 57.2 Å². The van der Waals surface area contributed by atoms with Crippen molar-refractivity contribution in [3.05, 3.63) is 41.5 Å². The Morgan fingerprint density at radius 3 is 2.48 bits per heavy atom. The molecule has 0 spiro atoms. The zero-order valence-electron chi connectivity index (χ0n) is 21.1. The fourth-order valence-electron chi connectivity index (χ4n) is 6.50. The van der Waals surface area contributed by atoms with Crippen molar-refractivity contribution in [1.82, 2.24) is 0 Å². The highest BCUT2D eigenvalue weighted by molar-refractivity contribution is 5.27. The summed E-state index contributed by atoms with van der Waals surface area (Å²) in [6.07, 6.45) is 8.34. The third kappa shape index (κ3) is 4.38. The van der Waals surface area contributed by atoms with Gasteiger partial charge in [-0.1, -0.05) is 37.6 Å². The normalized spacial score (nSPS) is 35.7. The molecule has 184 valence electrons. The Hall–Kier alpha value is -1.40. The Balaban J connectivity index is 1.55. The number of hydrogen-bond donors (Lipinski definition) is 1. The van der Waals surface area contributed by atoms with E-state index in [-0.39, 0.29) is 11.3 Å². The molecule has 1 aliphatic heterocycles. The van der Waals surface area contributed by atoms with Gasteiger partial charge in [0.15, 0.2) is 5.79 Å². The molecule has 1 heterocycles. The van der Waals surface area contributed by atoms with Crippen molar-refractivity contribution in [2.45, 2.75) is 96.2 Å². The summed E-state index contributed by atoms with van der Waals surface area (Å²) in [5.74, 6) is 0.339. The van der Waals surface area contributed by atoms with Gasteiger partial charge in [-0.2, -0.15) is 0 Å². The summed E-state index contributed by atoms with van der Waals surface area (Å²) in [4.78, 5) is 0. The minimum absolute atomic E-state index is 0.0221. The quantitative estimate of drug-likeness (QED) is 0.500. The maximum Gasteiger partial charge on any atom is 0.168 e. The molecule has 3 aliphatic rings. The van der Waals surface area contributed by atoms with Crippen LogP contribution in [0.4, 0.5) is 0 Å². The van der Waals surface area contributed by atoms with Crippen LogP contribution in [-0.2, 0) is 20.8 Å². The van der Waals surface area contributed by atoms with Crippen molar-refractivity contribution in [2.24, 2.45) is 11.3 Å². The van der Waals surface area contributed by atoms with E-state index >= 15 is 0 Å². The van der Waals surface area contributed by atoms with Gasteiger partial charge in [0, 0.05) is 11.3 Å². The second kappa shape index (κ2) is 9.33. The molecule has 0 radical (unpaired) electrons. The van der Waals surface area contributed by atoms with Crippen molar-refractivity contribution < 1.29 is 24.1 Å². The number of methoxy groups -OCH3 is 1. The van der Waals surface area contributed by atoms with Crippen LogP contribution in [0.2, 0.25) is 0 Å². The van der Waals surface area contributed by atoms with Gasteiger partial charge in [0.05, 0.1) is 38.1 Å². The number of fused-ring (bicyclic) bond motifs is 1. The monoisotopic (exact) mass is 458 g/mol. The predicted octanol–water partition coefficient (Wildman–Crippen LogP) is 5.79. The van der Waals surface area contributed by atoms with Gasteiger partial charge in [-0.05, 0) is 76.5 Å². The molecule has 0 unspecified atom stereocenters. The summed E-state index contributed by atoms with van der Waals surface area (Å²) in [5, 5.41) is 12.5. The lowest BCUT2D eigenvalue weighted by Crippen LogP contribution is -2.57. The minimum Gasteiger partial charge on any atom is -0.497 e. The molecule has 0 amide bonds. The van der Waals surface area contributed by atoms with E-state index in [4.69, 9.17) is 18.9 Å². The molecule has 4 rings (SSSR count). The molecule has 1 N–H and O–H groups in total. The van der Waals surface area contributed by atoms with Crippen LogP contribution < -0.4 is 4.74 Å². The molecule has 33 heavy (non-hydrogen) atoms. The maximum atomic E-state index is 12.5. The van der Waals surface area contributed by atoms with Gasteiger partial charge in [-0.25, -0.2) is 0 Å². The van der Waals surface area contributed by atoms with Crippen LogP contribution in [0, 0.1) is 11.3 Å². The van der Waals surface area contributed by atoms with Crippen molar-refractivity contribution in [2.75, 3.05) is 20.3 Å². The number of ether oxygens (including phenoxy) is 4. The van der Waals surface area contributed by atoms with E-state index < -0.39 is 17.0 Å². The standard InChI is InChI=1S/C28H42O5/c1-6-27(7-2)32-19-25(4,33-27)24-14-16-26(15-12-21(3)13-17-28(24,26)29)20-31-18-22-8-10-23(30-5)11-9-22/h8-12,24,29H,6-7,13-20H2,1-5H3/t24-,25+,26+,28-/m0/s1. The van der Waals surface area contributed by atoms with Crippen LogP contribution in [0.25, 0.3) is 0 Å². The third-order valence-electron chi connectivity index (χ3n) is 8.81. The highest BCUT2D eigenvalue weighted by Crippen LogP contribution is 2.61. The summed E-state index contributed by atoms with van der Waals surface area (Å²) in [6, 6.07) is 8.00. The van der Waals surface area contributed by atoms with Crippen LogP contribution in [-0.4, -0.2) is 42.4 Å². The summed E-state index contributed by atoms with van der Waals surface area (Å²) >= 11 is 0. The Morgan fingerprint density at radius 1 is 1.12 bits per heavy atom. The molecule has 1 saturated carbocycles. The van der Waals surface area contributed by atoms with E-state index in [1.807, 2.05) is 24.3 Å². The van der Waals surface area contributed by atoms with Gasteiger partial charge in [0.1, 0.15) is 5.75 Å². The molecule has 0 aromatic heterocycles. The summed E-state index contributed by atoms with van der Waals surface area (Å²) in [6.45, 7) is 10.2. The lowest BCUT2D eigenvalue weighted by molar-refractivity contribution is -0.221. The van der Waals surface area contributed by atoms with Gasteiger partial charge in [-0.3, -0.25) is 0 Å². The fraction of sp³-hybridized carbons (Fsp3) is 0.714. The van der Waals surface area contributed by atoms with Crippen LogP contribution in [0.1, 0.15) is 78.2 Å². The zero-order valence-corrected chi connectivity index (χ0v) is 21.1. The molecule has 2 fully saturated rings. The highest BCUT2D eigenvalue weighted by Gasteiger charge is 2.66. The fourth-order valence-corrected chi connectivity index (χ4v) is 6.50. The Morgan fingerprint density at radius 2 is 1.85 bits per heavy atom. The van der Waals surface area contributed by atoms with Crippen molar-refractivity contribution in [3.8, 4) is 5.75 Å². The average Bonchev–Trinajstić information content (AvgIpc) is 3.29. The van der Waals surface area contributed by atoms with Gasteiger partial charge in [0.25, 0.3) is 0 Å². The van der Waals surface area contributed by atoms with Crippen LogP contribution >= 0.6 is 0 Å². The van der Waals surface area contributed by atoms with Gasteiger partial charge in [-0.15, -0.1) is 0 Å². The van der Waals surface area contributed by atoms with Gasteiger partial charge < -0.3 is 24.1 Å². The smallest absolute Gasteiger partial charge is 0.168 e. The first-order valence-electron chi connectivity index (χ1n) is 12.7. The summed E-state index contributed by atoms with van der Waals surface area (Å²) in [7, 11) is 1.67. The zero-order chi connectivity index (χ0) is 23.7. The second-order valence-electron chi connectivity index (χ2n) is 10.7. The largest absolute Gasteiger partial charge is 0.497 e. The Kier molecular flexibility index (Phi) is 6.99. The minimum atomic E-state index is -0.850. The molecule has 5 heteroatoms. The first kappa shape index (κ1) is 24.7. The Labute approximate surface area is 199 Å². The van der Waals surface area contributed by atoms with Gasteiger partial charge >= 0.3 is 0 Å². The van der Waals surface area contributed by atoms with Crippen molar-refractivity contribution in [3.63, 3.8) is 0 Å². The lowest BCUT2D eigenvalue weighted by atomic mass is 9.65.